The molecule has 0 aliphatic rings. The molecule has 0 aliphatic heterocycles. The Morgan fingerprint density at radius 3 is 2.63 bits per heavy atom. The van der Waals surface area contributed by atoms with Gasteiger partial charge in [-0.3, -0.25) is 4.79 Å². The molecule has 1 aromatic carbocycles. The van der Waals surface area contributed by atoms with E-state index in [1.165, 1.54) is 0 Å². The van der Waals surface area contributed by atoms with Crippen molar-refractivity contribution in [1.29, 1.82) is 0 Å². The van der Waals surface area contributed by atoms with Crippen LogP contribution < -0.4 is 0 Å². The summed E-state index contributed by atoms with van der Waals surface area (Å²) >= 11 is 12.0. The first kappa shape index (κ1) is 14.2. The summed E-state index contributed by atoms with van der Waals surface area (Å²) in [7, 11) is 0. The maximum absolute atomic E-state index is 11.9. The van der Waals surface area contributed by atoms with Gasteiger partial charge in [0, 0.05) is 40.5 Å². The number of rotatable bonds is 4. The number of hydrogen-bond acceptors (Lipinski definition) is 1. The summed E-state index contributed by atoms with van der Waals surface area (Å²) < 4.78 is 1.95. The fourth-order valence-electron chi connectivity index (χ4n) is 1.86. The summed E-state index contributed by atoms with van der Waals surface area (Å²) in [5.41, 5.74) is 1.71. The smallest absolute Gasteiger partial charge is 0.166 e. The third kappa shape index (κ3) is 3.40. The Balaban J connectivity index is 2.18. The van der Waals surface area contributed by atoms with E-state index in [1.807, 2.05) is 49.0 Å². The minimum atomic E-state index is 0.00923. The fraction of sp³-hybridized carbons (Fsp3) is 0.267. The number of carbonyl (C=O) groups is 1. The number of benzene rings is 1. The monoisotopic (exact) mass is 295 g/mol. The van der Waals surface area contributed by atoms with Gasteiger partial charge in [0.25, 0.3) is 0 Å². The lowest BCUT2D eigenvalue weighted by Crippen LogP contribution is -2.06. The number of carbonyl (C=O) groups excluding carboxylic acids is 1. The predicted molar refractivity (Wildman–Crippen MR) is 79.2 cm³/mol. The van der Waals surface area contributed by atoms with E-state index in [0.717, 1.165) is 11.1 Å². The molecule has 0 saturated carbocycles. The van der Waals surface area contributed by atoms with Crippen LogP contribution in [-0.4, -0.2) is 10.4 Å². The summed E-state index contributed by atoms with van der Waals surface area (Å²) in [6.45, 7) is 4.42. The molecule has 0 saturated heterocycles. The number of hydrogen-bond donors (Lipinski definition) is 0. The van der Waals surface area contributed by atoms with Gasteiger partial charge in [-0.2, -0.15) is 0 Å². The van der Waals surface area contributed by atoms with Crippen LogP contribution in [0.2, 0.25) is 10.0 Å². The summed E-state index contributed by atoms with van der Waals surface area (Å²) in [5.74, 6) is 0.163. The predicted octanol–water partition coefficient (Wildman–Crippen LogP) is 4.68. The lowest BCUT2D eigenvalue weighted by atomic mass is 10.0. The molecule has 1 heterocycles. The second-order valence-corrected chi connectivity index (χ2v) is 5.67. The first-order chi connectivity index (χ1) is 8.97. The lowest BCUT2D eigenvalue weighted by molar-refractivity contribution is 0.0939. The molecule has 100 valence electrons. The molecule has 0 unspecified atom stereocenters. The SMILES string of the molecule is CC(C)C(=O)c1ccn(Cc2ccc(Cl)cc2Cl)c1. The third-order valence-electron chi connectivity index (χ3n) is 2.93. The molecule has 2 rings (SSSR count). The van der Waals surface area contributed by atoms with Crippen molar-refractivity contribution in [1.82, 2.24) is 4.57 Å². The standard InChI is InChI=1S/C15H15Cl2NO/c1-10(2)15(19)12-5-6-18(9-12)8-11-3-4-13(16)7-14(11)17/h3-7,9-10H,8H2,1-2H3. The van der Waals surface area contributed by atoms with E-state index < -0.39 is 0 Å². The van der Waals surface area contributed by atoms with Crippen LogP contribution in [0.1, 0.15) is 29.8 Å². The highest BCUT2D eigenvalue weighted by atomic mass is 35.5. The average molecular weight is 296 g/mol. The molecule has 0 N–H and O–H groups in total. The number of aromatic nitrogens is 1. The molecule has 2 aromatic rings. The quantitative estimate of drug-likeness (QED) is 0.751. The molecule has 0 amide bonds. The first-order valence-electron chi connectivity index (χ1n) is 6.11. The van der Waals surface area contributed by atoms with Crippen molar-refractivity contribution in [3.63, 3.8) is 0 Å². The zero-order chi connectivity index (χ0) is 14.0. The molecule has 0 bridgehead atoms. The maximum Gasteiger partial charge on any atom is 0.166 e. The highest BCUT2D eigenvalue weighted by molar-refractivity contribution is 6.35. The molecule has 0 atom stereocenters. The normalized spacial score (nSPS) is 11.0. The summed E-state index contributed by atoms with van der Waals surface area (Å²) in [6.07, 6.45) is 3.74. The maximum atomic E-state index is 11.9. The number of Topliss-reactive ketones (excluding diaryl/α,β-unsaturated/α-hetero) is 1. The van der Waals surface area contributed by atoms with Crippen molar-refractivity contribution in [3.05, 3.63) is 57.8 Å². The zero-order valence-corrected chi connectivity index (χ0v) is 12.4. The van der Waals surface area contributed by atoms with Gasteiger partial charge in [-0.15, -0.1) is 0 Å². The van der Waals surface area contributed by atoms with E-state index in [1.54, 1.807) is 6.07 Å². The van der Waals surface area contributed by atoms with Crippen LogP contribution in [0.15, 0.2) is 36.7 Å². The van der Waals surface area contributed by atoms with Crippen LogP contribution in [-0.2, 0) is 6.54 Å². The Hall–Kier alpha value is -1.25. The Morgan fingerprint density at radius 1 is 1.26 bits per heavy atom. The number of halogens is 2. The van der Waals surface area contributed by atoms with Crippen molar-refractivity contribution in [3.8, 4) is 0 Å². The van der Waals surface area contributed by atoms with E-state index >= 15 is 0 Å². The molecular formula is C15H15Cl2NO. The van der Waals surface area contributed by atoms with Crippen molar-refractivity contribution in [2.75, 3.05) is 0 Å². The number of nitrogens with zero attached hydrogens (tertiary/aromatic N) is 1. The van der Waals surface area contributed by atoms with Crippen molar-refractivity contribution < 1.29 is 4.79 Å². The summed E-state index contributed by atoms with van der Waals surface area (Å²) in [5, 5.41) is 1.26. The molecule has 0 spiro atoms. The van der Waals surface area contributed by atoms with Gasteiger partial charge in [0.1, 0.15) is 0 Å². The molecule has 0 aliphatic carbocycles. The van der Waals surface area contributed by atoms with E-state index in [-0.39, 0.29) is 11.7 Å². The van der Waals surface area contributed by atoms with Crippen molar-refractivity contribution in [2.45, 2.75) is 20.4 Å². The lowest BCUT2D eigenvalue weighted by Gasteiger charge is -2.06. The Labute approximate surface area is 123 Å². The molecule has 19 heavy (non-hydrogen) atoms. The molecule has 4 heteroatoms. The van der Waals surface area contributed by atoms with Crippen LogP contribution in [0, 0.1) is 5.92 Å². The second-order valence-electron chi connectivity index (χ2n) is 4.83. The Morgan fingerprint density at radius 2 is 2.00 bits per heavy atom. The second kappa shape index (κ2) is 5.81. The minimum absolute atomic E-state index is 0.00923. The third-order valence-corrected chi connectivity index (χ3v) is 3.51. The Kier molecular flexibility index (Phi) is 4.33. The van der Waals surface area contributed by atoms with Crippen LogP contribution in [0.3, 0.4) is 0 Å². The topological polar surface area (TPSA) is 22.0 Å². The van der Waals surface area contributed by atoms with Gasteiger partial charge in [-0.05, 0) is 23.8 Å². The van der Waals surface area contributed by atoms with Gasteiger partial charge in [-0.1, -0.05) is 43.1 Å². The van der Waals surface area contributed by atoms with Gasteiger partial charge in [-0.25, -0.2) is 0 Å². The fourth-order valence-corrected chi connectivity index (χ4v) is 2.33. The van der Waals surface area contributed by atoms with Crippen LogP contribution in [0.4, 0.5) is 0 Å². The summed E-state index contributed by atoms with van der Waals surface area (Å²) in [4.78, 5) is 11.9. The number of ketones is 1. The van der Waals surface area contributed by atoms with Crippen molar-refractivity contribution >= 4 is 29.0 Å². The molecule has 0 fully saturated rings. The van der Waals surface area contributed by atoms with E-state index in [2.05, 4.69) is 0 Å². The molecule has 1 aromatic heterocycles. The summed E-state index contributed by atoms with van der Waals surface area (Å²) in [6, 6.07) is 7.27. The Bertz CT molecular complexity index is 602. The largest absolute Gasteiger partial charge is 0.349 e. The zero-order valence-electron chi connectivity index (χ0n) is 10.9. The van der Waals surface area contributed by atoms with Crippen LogP contribution in [0.5, 0.6) is 0 Å². The van der Waals surface area contributed by atoms with Crippen molar-refractivity contribution in [2.24, 2.45) is 5.92 Å². The van der Waals surface area contributed by atoms with E-state index in [4.69, 9.17) is 23.2 Å². The van der Waals surface area contributed by atoms with Gasteiger partial charge in [0.05, 0.1) is 0 Å². The van der Waals surface area contributed by atoms with Gasteiger partial charge in [0.2, 0.25) is 0 Å². The molecule has 0 radical (unpaired) electrons. The van der Waals surface area contributed by atoms with Crippen LogP contribution in [0.25, 0.3) is 0 Å². The molecule has 2 nitrogen and oxygen atoms in total. The van der Waals surface area contributed by atoms with Gasteiger partial charge in [0.15, 0.2) is 5.78 Å². The highest BCUT2D eigenvalue weighted by Crippen LogP contribution is 2.22. The highest BCUT2D eigenvalue weighted by Gasteiger charge is 2.12. The van der Waals surface area contributed by atoms with E-state index in [9.17, 15) is 4.79 Å². The van der Waals surface area contributed by atoms with Gasteiger partial charge >= 0.3 is 0 Å². The average Bonchev–Trinajstić information content (AvgIpc) is 2.80. The van der Waals surface area contributed by atoms with E-state index in [0.29, 0.717) is 16.6 Å². The molecular weight excluding hydrogens is 281 g/mol. The van der Waals surface area contributed by atoms with Crippen LogP contribution >= 0.6 is 23.2 Å². The van der Waals surface area contributed by atoms with Gasteiger partial charge < -0.3 is 4.57 Å². The first-order valence-corrected chi connectivity index (χ1v) is 6.87. The minimum Gasteiger partial charge on any atom is -0.349 e.